The summed E-state index contributed by atoms with van der Waals surface area (Å²) in [5.41, 5.74) is 1.75. The predicted molar refractivity (Wildman–Crippen MR) is 108 cm³/mol. The van der Waals surface area contributed by atoms with E-state index in [-0.39, 0.29) is 5.76 Å². The molecule has 0 saturated heterocycles. The van der Waals surface area contributed by atoms with E-state index >= 15 is 0 Å². The first-order valence-corrected chi connectivity index (χ1v) is 11.1. The maximum atomic E-state index is 6.24. The lowest BCUT2D eigenvalue weighted by Gasteiger charge is -2.24. The molecule has 0 bridgehead atoms. The van der Waals surface area contributed by atoms with E-state index in [9.17, 15) is 0 Å². The summed E-state index contributed by atoms with van der Waals surface area (Å²) in [5, 5.41) is 1.79. The molecule has 0 fully saturated rings. The standard InChI is InChI=1S/C16H13Cl4O2PS/c1-2-21-23(24,11-6-4-3-5-7-11)22-16(10-17)12-8-14(19)15(20)9-13(12)18/h3-10H,2H2,1H3/b16-10-. The van der Waals surface area contributed by atoms with E-state index in [1.807, 2.05) is 37.3 Å². The Labute approximate surface area is 166 Å². The average molecular weight is 442 g/mol. The van der Waals surface area contributed by atoms with E-state index in [0.29, 0.717) is 27.2 Å². The molecule has 0 radical (unpaired) electrons. The van der Waals surface area contributed by atoms with E-state index in [2.05, 4.69) is 0 Å². The van der Waals surface area contributed by atoms with Gasteiger partial charge in [0.1, 0.15) is 5.76 Å². The first kappa shape index (κ1) is 20.1. The Bertz CT molecular complexity index is 796. The summed E-state index contributed by atoms with van der Waals surface area (Å²) < 4.78 is 11.8. The van der Waals surface area contributed by atoms with E-state index < -0.39 is 6.49 Å². The van der Waals surface area contributed by atoms with Gasteiger partial charge in [-0.25, -0.2) is 0 Å². The Morgan fingerprint density at radius 2 is 1.71 bits per heavy atom. The molecule has 2 aromatic carbocycles. The molecular formula is C16H13Cl4O2PS. The SMILES string of the molecule is CCOP(=S)(O/C(=C\Cl)c1cc(Cl)c(Cl)cc1Cl)c1ccccc1. The van der Waals surface area contributed by atoms with Gasteiger partial charge in [-0.15, -0.1) is 0 Å². The monoisotopic (exact) mass is 440 g/mol. The molecule has 128 valence electrons. The maximum Gasteiger partial charge on any atom is 0.269 e. The van der Waals surface area contributed by atoms with Crippen molar-refractivity contribution in [2.24, 2.45) is 0 Å². The second kappa shape index (κ2) is 8.91. The molecule has 0 heterocycles. The van der Waals surface area contributed by atoms with Crippen molar-refractivity contribution < 1.29 is 9.05 Å². The quantitative estimate of drug-likeness (QED) is 0.276. The first-order valence-electron chi connectivity index (χ1n) is 6.86. The van der Waals surface area contributed by atoms with Crippen molar-refractivity contribution in [3.05, 3.63) is 68.6 Å². The van der Waals surface area contributed by atoms with E-state index in [0.717, 1.165) is 5.30 Å². The van der Waals surface area contributed by atoms with E-state index in [1.54, 1.807) is 6.07 Å². The molecule has 0 saturated carbocycles. The third-order valence-electron chi connectivity index (χ3n) is 2.96. The van der Waals surface area contributed by atoms with Crippen LogP contribution in [0, 0.1) is 0 Å². The van der Waals surface area contributed by atoms with Crippen LogP contribution in [0.25, 0.3) is 5.76 Å². The van der Waals surface area contributed by atoms with Crippen LogP contribution in [0.3, 0.4) is 0 Å². The van der Waals surface area contributed by atoms with Crippen LogP contribution in [0.4, 0.5) is 0 Å². The summed E-state index contributed by atoms with van der Waals surface area (Å²) in [6.45, 7) is -0.560. The van der Waals surface area contributed by atoms with Gasteiger partial charge in [0.15, 0.2) is 0 Å². The average Bonchev–Trinajstić information content (AvgIpc) is 2.57. The van der Waals surface area contributed by atoms with Gasteiger partial charge in [-0.1, -0.05) is 64.6 Å². The lowest BCUT2D eigenvalue weighted by Crippen LogP contribution is -2.09. The summed E-state index contributed by atoms with van der Waals surface area (Å²) in [7, 11) is 0. The largest absolute Gasteiger partial charge is 0.439 e. The Morgan fingerprint density at radius 3 is 2.29 bits per heavy atom. The van der Waals surface area contributed by atoms with E-state index in [4.69, 9.17) is 67.3 Å². The topological polar surface area (TPSA) is 18.5 Å². The van der Waals surface area contributed by atoms with Crippen molar-refractivity contribution in [3.8, 4) is 0 Å². The molecule has 1 atom stereocenters. The predicted octanol–water partition coefficient (Wildman–Crippen LogP) is 6.87. The van der Waals surface area contributed by atoms with Crippen molar-refractivity contribution in [1.82, 2.24) is 0 Å². The lowest BCUT2D eigenvalue weighted by molar-refractivity contribution is 0.330. The smallest absolute Gasteiger partial charge is 0.269 e. The molecule has 1 unspecified atom stereocenters. The van der Waals surface area contributed by atoms with Gasteiger partial charge in [0.05, 0.1) is 21.7 Å². The molecule has 8 heteroatoms. The number of hydrogen-bond donors (Lipinski definition) is 0. The third-order valence-corrected chi connectivity index (χ3v) is 7.34. The highest BCUT2D eigenvalue weighted by atomic mass is 35.5. The summed E-state index contributed by atoms with van der Waals surface area (Å²) in [6.07, 6.45) is 0. The number of hydrogen-bond acceptors (Lipinski definition) is 3. The van der Waals surface area contributed by atoms with Gasteiger partial charge in [0.25, 0.3) is 6.49 Å². The summed E-state index contributed by atoms with van der Waals surface area (Å²) >= 11 is 29.9. The maximum absolute atomic E-state index is 6.24. The van der Waals surface area contributed by atoms with Gasteiger partial charge in [0.2, 0.25) is 0 Å². The second-order valence-electron chi connectivity index (χ2n) is 4.56. The van der Waals surface area contributed by atoms with Crippen LogP contribution in [0.2, 0.25) is 15.1 Å². The fourth-order valence-corrected chi connectivity index (χ4v) is 5.28. The fraction of sp³-hybridized carbons (Fsp3) is 0.125. The van der Waals surface area contributed by atoms with Crippen LogP contribution in [0.1, 0.15) is 12.5 Å². The Balaban J connectivity index is 2.45. The molecule has 0 aliphatic heterocycles. The fourth-order valence-electron chi connectivity index (χ4n) is 1.90. The van der Waals surface area contributed by atoms with Crippen LogP contribution >= 0.6 is 52.9 Å². The van der Waals surface area contributed by atoms with Gasteiger partial charge in [0, 0.05) is 16.4 Å². The zero-order valence-electron chi connectivity index (χ0n) is 12.5. The molecule has 0 aliphatic rings. The van der Waals surface area contributed by atoms with Gasteiger partial charge < -0.3 is 9.05 Å². The van der Waals surface area contributed by atoms with Crippen LogP contribution in [-0.2, 0) is 20.9 Å². The summed E-state index contributed by atoms with van der Waals surface area (Å²) in [4.78, 5) is 0. The van der Waals surface area contributed by atoms with Crippen molar-refractivity contribution in [2.45, 2.75) is 6.92 Å². The van der Waals surface area contributed by atoms with Gasteiger partial charge in [-0.2, -0.15) is 0 Å². The molecule has 2 nitrogen and oxygen atoms in total. The second-order valence-corrected chi connectivity index (χ2v) is 9.40. The van der Waals surface area contributed by atoms with Crippen molar-refractivity contribution in [3.63, 3.8) is 0 Å². The number of halogens is 4. The Hall–Kier alpha value is -0.250. The van der Waals surface area contributed by atoms with Crippen LogP contribution in [-0.4, -0.2) is 6.61 Å². The molecule has 0 aromatic heterocycles. The number of rotatable bonds is 6. The minimum Gasteiger partial charge on any atom is -0.439 e. The summed E-state index contributed by atoms with van der Waals surface area (Å²) in [5.74, 6) is 0.279. The minimum atomic E-state index is -2.81. The molecule has 2 aromatic rings. The van der Waals surface area contributed by atoms with Gasteiger partial charge in [-0.05, 0) is 43.0 Å². The highest BCUT2D eigenvalue weighted by molar-refractivity contribution is 8.13. The third kappa shape index (κ3) is 4.68. The molecular weight excluding hydrogens is 429 g/mol. The zero-order valence-corrected chi connectivity index (χ0v) is 17.2. The highest BCUT2D eigenvalue weighted by Gasteiger charge is 2.26. The molecule has 0 spiro atoms. The highest BCUT2D eigenvalue weighted by Crippen LogP contribution is 2.52. The summed E-state index contributed by atoms with van der Waals surface area (Å²) in [6, 6.07) is 12.5. The normalized spacial score (nSPS) is 14.3. The molecule has 24 heavy (non-hydrogen) atoms. The molecule has 0 N–H and O–H groups in total. The Kier molecular flexibility index (Phi) is 7.45. The van der Waals surface area contributed by atoms with Crippen LogP contribution in [0.15, 0.2) is 48.0 Å². The molecule has 0 aliphatic carbocycles. The van der Waals surface area contributed by atoms with Crippen LogP contribution < -0.4 is 5.30 Å². The van der Waals surface area contributed by atoms with Crippen molar-refractivity contribution in [2.75, 3.05) is 6.61 Å². The van der Waals surface area contributed by atoms with Gasteiger partial charge >= 0.3 is 0 Å². The van der Waals surface area contributed by atoms with Crippen molar-refractivity contribution in [1.29, 1.82) is 0 Å². The zero-order chi connectivity index (χ0) is 17.7. The van der Waals surface area contributed by atoms with Crippen LogP contribution in [0.5, 0.6) is 0 Å². The molecule has 0 amide bonds. The van der Waals surface area contributed by atoms with Gasteiger partial charge in [-0.3, -0.25) is 0 Å². The Morgan fingerprint density at radius 1 is 1.08 bits per heavy atom. The molecule has 2 rings (SSSR count). The first-order chi connectivity index (χ1) is 11.4. The lowest BCUT2D eigenvalue weighted by atomic mass is 10.2. The van der Waals surface area contributed by atoms with Crippen molar-refractivity contribution >= 4 is 75.8 Å². The number of benzene rings is 2. The van der Waals surface area contributed by atoms with E-state index in [1.165, 1.54) is 11.6 Å². The minimum absolute atomic E-state index is 0.279.